The van der Waals surface area contributed by atoms with Crippen molar-refractivity contribution in [1.29, 1.82) is 0 Å². The molecule has 0 N–H and O–H groups in total. The van der Waals surface area contributed by atoms with E-state index in [4.69, 9.17) is 47.4 Å². The van der Waals surface area contributed by atoms with Gasteiger partial charge in [0, 0.05) is 105 Å². The van der Waals surface area contributed by atoms with Crippen molar-refractivity contribution in [3.8, 4) is 0 Å². The lowest BCUT2D eigenvalue weighted by Gasteiger charge is -2.36. The van der Waals surface area contributed by atoms with E-state index < -0.39 is 90.5 Å². The van der Waals surface area contributed by atoms with Gasteiger partial charge in [0.25, 0.3) is 0 Å². The highest BCUT2D eigenvalue weighted by Crippen LogP contribution is 2.49. The largest absolute Gasteiger partial charge is 0.511 e. The minimum atomic E-state index is -0.894. The van der Waals surface area contributed by atoms with E-state index in [0.29, 0.717) is 51.6 Å². The molecule has 12 saturated heterocycles. The Morgan fingerprint density at radius 2 is 0.698 bits per heavy atom. The van der Waals surface area contributed by atoms with Gasteiger partial charge in [0.05, 0.1) is 121 Å². The Morgan fingerprint density at radius 3 is 1.01 bits per heavy atom. The molecule has 594 valence electrons. The van der Waals surface area contributed by atoms with E-state index in [1.165, 1.54) is 19.3 Å². The fraction of sp³-hybridized carbons (Fsp3) is 0.827. The summed E-state index contributed by atoms with van der Waals surface area (Å²) in [6.45, 7) is 22.6. The zero-order valence-corrected chi connectivity index (χ0v) is 64.0. The average Bonchev–Trinajstić information content (AvgIpc) is 1.66. The van der Waals surface area contributed by atoms with Crippen LogP contribution in [0, 0.1) is 52.8 Å². The van der Waals surface area contributed by atoms with Crippen molar-refractivity contribution in [2.45, 2.75) is 180 Å². The number of rotatable bonds is 21. The third-order valence-corrected chi connectivity index (χ3v) is 23.2. The number of carbonyl (C=O) groups excluding carboxylic acids is 11. The van der Waals surface area contributed by atoms with Gasteiger partial charge in [-0.15, -0.1) is 0 Å². The summed E-state index contributed by atoms with van der Waals surface area (Å²) in [5, 5.41) is 0. The number of fused-ring (bicyclic) bond motifs is 8. The molecule has 31 nitrogen and oxygen atoms in total. The molecule has 12 fully saturated rings. The standard InChI is InChI=1S/C20H34N2O4.C19H26N2O6.C19H30N2O6.C17H26N2O7/c1-3-4-5-6-7-14-25-20(24)18-16-9-8-15(26-16)17(18)19(23)22-12-10-21(2)11-13-22;1-11-9-15(22)27-14(11)10-25-19(24)17-13-4-3-12(26-13)16(17)18(23)21-7-5-20(2)6-8-21;1-19(2,3)18(24)26-11-25-17(23)15-13-6-5-12(27-13)14(15)16(22)21-9-7-20(4)8-10-21;1-3-23-17(22)25-10-24-16(21)14-12-5-4-11(26-12)13(14)15(20)19-8-6-18(2)7-9-19/h15-18H,3-14H2,1-2H3;12-13,16-17H,3-10H2,1-2H3;12-15H,5-11H2,1-4H3;11-14H,3-10H2,1-2H3. The van der Waals surface area contributed by atoms with E-state index in [1.807, 2.05) is 40.7 Å². The molecular formula is C75H116N8O23. The Labute approximate surface area is 622 Å². The van der Waals surface area contributed by atoms with Crippen LogP contribution in [0.4, 0.5) is 4.79 Å². The van der Waals surface area contributed by atoms with Gasteiger partial charge in [-0.05, 0) is 126 Å². The number of esters is 6. The maximum Gasteiger partial charge on any atom is 0.511 e. The summed E-state index contributed by atoms with van der Waals surface area (Å²) >= 11 is 0. The molecule has 13 aliphatic rings. The molecule has 13 rings (SSSR count). The van der Waals surface area contributed by atoms with Crippen LogP contribution in [0.5, 0.6) is 0 Å². The number of unbranched alkanes of at least 4 members (excludes halogenated alkanes) is 4. The van der Waals surface area contributed by atoms with E-state index in [0.717, 1.165) is 135 Å². The molecule has 0 radical (unpaired) electrons. The predicted octanol–water partition coefficient (Wildman–Crippen LogP) is 3.26. The first-order valence-corrected chi connectivity index (χ1v) is 38.8. The van der Waals surface area contributed by atoms with Crippen LogP contribution in [0.1, 0.15) is 131 Å². The van der Waals surface area contributed by atoms with E-state index >= 15 is 0 Å². The number of nitrogens with zero attached hydrogens (tertiary/aromatic N) is 8. The van der Waals surface area contributed by atoms with Crippen LogP contribution in [0.15, 0.2) is 11.3 Å². The number of amides is 4. The molecule has 16 atom stereocenters. The minimum Gasteiger partial charge on any atom is -0.465 e. The molecule has 13 aliphatic heterocycles. The van der Waals surface area contributed by atoms with Crippen LogP contribution in [0.3, 0.4) is 0 Å². The summed E-state index contributed by atoms with van der Waals surface area (Å²) in [6, 6.07) is 0. The highest BCUT2D eigenvalue weighted by molar-refractivity contribution is 5.90. The van der Waals surface area contributed by atoms with Crippen molar-refractivity contribution in [2.24, 2.45) is 52.8 Å². The molecule has 0 aromatic carbocycles. The summed E-state index contributed by atoms with van der Waals surface area (Å²) in [5.74, 6) is -6.16. The van der Waals surface area contributed by atoms with E-state index in [1.54, 1.807) is 34.6 Å². The highest BCUT2D eigenvalue weighted by Gasteiger charge is 2.61. The molecule has 0 aromatic rings. The molecule has 13 heterocycles. The Hall–Kier alpha value is -6.61. The third-order valence-electron chi connectivity index (χ3n) is 23.2. The summed E-state index contributed by atoms with van der Waals surface area (Å²) in [7, 11) is 8.16. The normalized spacial score (nSPS) is 31.7. The first-order valence-electron chi connectivity index (χ1n) is 38.8. The highest BCUT2D eigenvalue weighted by atomic mass is 16.8. The summed E-state index contributed by atoms with van der Waals surface area (Å²) in [4.78, 5) is 153. The van der Waals surface area contributed by atoms with E-state index in [2.05, 4.69) is 43.0 Å². The summed E-state index contributed by atoms with van der Waals surface area (Å²) < 4.78 is 64.1. The van der Waals surface area contributed by atoms with Crippen LogP contribution in [-0.4, -0.2) is 320 Å². The first-order chi connectivity index (χ1) is 50.7. The maximum absolute atomic E-state index is 13.1. The molecule has 106 heavy (non-hydrogen) atoms. The van der Waals surface area contributed by atoms with Crippen molar-refractivity contribution in [2.75, 3.05) is 166 Å². The van der Waals surface area contributed by atoms with Gasteiger partial charge in [-0.3, -0.25) is 47.9 Å². The zero-order chi connectivity index (χ0) is 76.1. The molecule has 0 saturated carbocycles. The number of piperazine rings is 4. The fourth-order valence-corrected chi connectivity index (χ4v) is 16.9. The molecule has 0 aliphatic carbocycles. The fourth-order valence-electron chi connectivity index (χ4n) is 16.9. The molecular weight excluding hydrogens is 1380 g/mol. The van der Waals surface area contributed by atoms with E-state index in [-0.39, 0.29) is 110 Å². The quantitative estimate of drug-likeness (QED) is 0.0689. The minimum absolute atomic E-state index is 0.0000553. The third kappa shape index (κ3) is 20.2. The first kappa shape index (κ1) is 81.9. The Morgan fingerprint density at radius 1 is 0.387 bits per heavy atom. The predicted molar refractivity (Wildman–Crippen MR) is 375 cm³/mol. The van der Waals surface area contributed by atoms with Gasteiger partial charge in [-0.1, -0.05) is 32.6 Å². The van der Waals surface area contributed by atoms with Crippen molar-refractivity contribution < 1.29 is 110 Å². The monoisotopic (exact) mass is 1500 g/mol. The summed E-state index contributed by atoms with van der Waals surface area (Å²) in [6.07, 6.45) is 9.58. The van der Waals surface area contributed by atoms with Crippen molar-refractivity contribution in [1.82, 2.24) is 39.2 Å². The van der Waals surface area contributed by atoms with Crippen LogP contribution in [0.2, 0.25) is 0 Å². The molecule has 16 unspecified atom stereocenters. The summed E-state index contributed by atoms with van der Waals surface area (Å²) in [5.41, 5.74) is 0.115. The maximum atomic E-state index is 13.1. The van der Waals surface area contributed by atoms with Gasteiger partial charge < -0.3 is 96.0 Å². The van der Waals surface area contributed by atoms with Gasteiger partial charge in [0.15, 0.2) is 0 Å². The van der Waals surface area contributed by atoms with Crippen molar-refractivity contribution >= 4 is 65.6 Å². The van der Waals surface area contributed by atoms with Gasteiger partial charge in [0.2, 0.25) is 37.2 Å². The van der Waals surface area contributed by atoms with Crippen LogP contribution >= 0.6 is 0 Å². The van der Waals surface area contributed by atoms with Crippen LogP contribution in [0.25, 0.3) is 0 Å². The van der Waals surface area contributed by atoms with Crippen LogP contribution < -0.4 is 0 Å². The van der Waals surface area contributed by atoms with Gasteiger partial charge in [-0.25, -0.2) is 4.79 Å². The number of hydrogen-bond acceptors (Lipinski definition) is 27. The van der Waals surface area contributed by atoms with Gasteiger partial charge in [-0.2, -0.15) is 0 Å². The number of hydrogen-bond donors (Lipinski definition) is 0. The number of cyclic esters (lactones) is 1. The zero-order valence-electron chi connectivity index (χ0n) is 64.0. The lowest BCUT2D eigenvalue weighted by Crippen LogP contribution is -2.52. The van der Waals surface area contributed by atoms with Crippen molar-refractivity contribution in [3.63, 3.8) is 0 Å². The van der Waals surface area contributed by atoms with Crippen LogP contribution in [-0.2, 0) is 105 Å². The average molecular weight is 1500 g/mol. The Bertz CT molecular complexity index is 3120. The van der Waals surface area contributed by atoms with Crippen molar-refractivity contribution in [3.05, 3.63) is 11.3 Å². The van der Waals surface area contributed by atoms with Gasteiger partial charge >= 0.3 is 42.0 Å². The van der Waals surface area contributed by atoms with Gasteiger partial charge in [0.1, 0.15) is 12.4 Å². The number of carbonyl (C=O) groups is 11. The molecule has 0 spiro atoms. The number of ether oxygens (including phenoxy) is 12. The molecule has 31 heteroatoms. The SMILES string of the molecule is CC1=C(COC(=O)C2C3CCC(O3)C2C(=O)N2CCN(C)CC2)OC(=O)C1.CCCCCCCOC(=O)C1C2CCC(O2)C1C(=O)N1CCN(C)CC1.CCOC(=O)OCOC(=O)C1C2CCC(O2)C1C(=O)N1CCN(C)CC1.CN1CCN(C(=O)C2C3CCC(O3)C2C(=O)OCOC(=O)C(C)(C)C)CC1. The smallest absolute Gasteiger partial charge is 0.465 e. The second kappa shape index (κ2) is 37.7. The second-order valence-corrected chi connectivity index (χ2v) is 31.6. The number of likely N-dealkylation sites (N-methyl/N-ethyl adjacent to an activating group) is 4. The lowest BCUT2D eigenvalue weighted by atomic mass is 9.78. The lowest BCUT2D eigenvalue weighted by molar-refractivity contribution is -0.178. The second-order valence-electron chi connectivity index (χ2n) is 31.6. The topological polar surface area (TPSA) is 324 Å². The Kier molecular flexibility index (Phi) is 29.1. The molecule has 4 amide bonds. The Balaban J connectivity index is 0.000000151. The molecule has 0 aromatic heterocycles. The molecule has 8 bridgehead atoms. The van der Waals surface area contributed by atoms with E-state index in [9.17, 15) is 52.7 Å².